The molecule has 0 unspecified atom stereocenters. The zero-order valence-corrected chi connectivity index (χ0v) is 12.9. The van der Waals surface area contributed by atoms with E-state index in [2.05, 4.69) is 20.7 Å². The summed E-state index contributed by atoms with van der Waals surface area (Å²) in [5, 5.41) is 9.21. The van der Waals surface area contributed by atoms with E-state index in [9.17, 15) is 17.9 Å². The predicted molar refractivity (Wildman–Crippen MR) is 78.0 cm³/mol. The Labute approximate surface area is 128 Å². The number of hydrogen-bond donors (Lipinski definition) is 2. The molecule has 0 amide bonds. The molecule has 2 aromatic carbocycles. The van der Waals surface area contributed by atoms with Crippen LogP contribution in [0.4, 0.5) is 10.1 Å². The van der Waals surface area contributed by atoms with E-state index in [1.807, 2.05) is 0 Å². The molecule has 0 aliphatic carbocycles. The number of phenols is 1. The van der Waals surface area contributed by atoms with Crippen LogP contribution in [-0.2, 0) is 10.0 Å². The summed E-state index contributed by atoms with van der Waals surface area (Å²) in [6, 6.07) is 7.32. The highest BCUT2D eigenvalue weighted by atomic mass is 79.9. The van der Waals surface area contributed by atoms with Gasteiger partial charge in [0.05, 0.1) is 10.7 Å². The summed E-state index contributed by atoms with van der Waals surface area (Å²) >= 11 is 8.85. The van der Waals surface area contributed by atoms with Gasteiger partial charge in [-0.25, -0.2) is 12.8 Å². The summed E-state index contributed by atoms with van der Waals surface area (Å²) in [7, 11) is -4.11. The quantitative estimate of drug-likeness (QED) is 0.797. The van der Waals surface area contributed by atoms with Crippen molar-refractivity contribution in [3.8, 4) is 5.75 Å². The Kier molecular flexibility index (Phi) is 4.22. The number of sulfonamides is 1. The minimum Gasteiger partial charge on any atom is -0.508 e. The highest BCUT2D eigenvalue weighted by molar-refractivity contribution is 9.10. The Balaban J connectivity index is 2.41. The molecule has 0 spiro atoms. The lowest BCUT2D eigenvalue weighted by Gasteiger charge is -2.10. The average molecular weight is 381 g/mol. The van der Waals surface area contributed by atoms with Crippen LogP contribution in [0.5, 0.6) is 5.75 Å². The van der Waals surface area contributed by atoms with Gasteiger partial charge in [-0.1, -0.05) is 27.5 Å². The second-order valence-electron chi connectivity index (χ2n) is 3.84. The largest absolute Gasteiger partial charge is 0.508 e. The molecule has 0 aliphatic heterocycles. The van der Waals surface area contributed by atoms with Gasteiger partial charge < -0.3 is 5.11 Å². The Morgan fingerprint density at radius 2 is 1.90 bits per heavy atom. The number of aromatic hydroxyl groups is 1. The normalized spacial score (nSPS) is 11.3. The molecule has 2 aromatic rings. The summed E-state index contributed by atoms with van der Waals surface area (Å²) in [6.45, 7) is 0. The van der Waals surface area contributed by atoms with E-state index in [0.29, 0.717) is 4.47 Å². The maximum Gasteiger partial charge on any atom is 0.264 e. The number of anilines is 1. The molecule has 2 rings (SSSR count). The number of phenolic OH excluding ortho intramolecular Hbond substituents is 1. The summed E-state index contributed by atoms with van der Waals surface area (Å²) in [4.78, 5) is -0.496. The summed E-state index contributed by atoms with van der Waals surface area (Å²) in [5.41, 5.74) is 0.0479. The SMILES string of the molecule is O=S(=O)(Nc1ccc(O)cc1Cl)c1ccc(Br)cc1F. The van der Waals surface area contributed by atoms with Gasteiger partial charge in [-0.05, 0) is 30.3 Å². The van der Waals surface area contributed by atoms with Gasteiger partial charge in [0.25, 0.3) is 10.0 Å². The zero-order chi connectivity index (χ0) is 14.9. The Bertz CT molecular complexity index is 767. The Hall–Kier alpha value is -1.31. The van der Waals surface area contributed by atoms with Crippen molar-refractivity contribution in [1.29, 1.82) is 0 Å². The number of benzene rings is 2. The molecule has 4 nitrogen and oxygen atoms in total. The van der Waals surface area contributed by atoms with Crippen LogP contribution in [0.25, 0.3) is 0 Å². The third-order valence-corrected chi connectivity index (χ3v) is 4.59. The molecular weight excluding hydrogens is 373 g/mol. The van der Waals surface area contributed by atoms with E-state index in [-0.39, 0.29) is 16.5 Å². The molecule has 8 heteroatoms. The van der Waals surface area contributed by atoms with Gasteiger partial charge in [0, 0.05) is 10.5 Å². The van der Waals surface area contributed by atoms with Crippen molar-refractivity contribution in [2.45, 2.75) is 4.90 Å². The highest BCUT2D eigenvalue weighted by Gasteiger charge is 2.20. The zero-order valence-electron chi connectivity index (χ0n) is 9.77. The van der Waals surface area contributed by atoms with Crippen molar-refractivity contribution in [2.24, 2.45) is 0 Å². The highest BCUT2D eigenvalue weighted by Crippen LogP contribution is 2.29. The Morgan fingerprint density at radius 1 is 1.20 bits per heavy atom. The molecule has 0 aromatic heterocycles. The van der Waals surface area contributed by atoms with Crippen molar-refractivity contribution in [1.82, 2.24) is 0 Å². The maximum absolute atomic E-state index is 13.7. The first kappa shape index (κ1) is 15.1. The first-order chi connectivity index (χ1) is 9.29. The lowest BCUT2D eigenvalue weighted by Crippen LogP contribution is -2.14. The molecule has 0 radical (unpaired) electrons. The van der Waals surface area contributed by atoms with Crippen LogP contribution in [0.15, 0.2) is 45.8 Å². The molecule has 0 fully saturated rings. The monoisotopic (exact) mass is 379 g/mol. The second-order valence-corrected chi connectivity index (χ2v) is 6.82. The fourth-order valence-electron chi connectivity index (χ4n) is 1.48. The molecule has 20 heavy (non-hydrogen) atoms. The van der Waals surface area contributed by atoms with Crippen molar-refractivity contribution < 1.29 is 17.9 Å². The van der Waals surface area contributed by atoms with E-state index in [1.54, 1.807) is 0 Å². The summed E-state index contributed by atoms with van der Waals surface area (Å²) in [6.07, 6.45) is 0. The van der Waals surface area contributed by atoms with Crippen LogP contribution in [0.3, 0.4) is 0 Å². The fourth-order valence-corrected chi connectivity index (χ4v) is 3.23. The lowest BCUT2D eigenvalue weighted by molar-refractivity contribution is 0.475. The molecule has 2 N–H and O–H groups in total. The smallest absolute Gasteiger partial charge is 0.264 e. The second kappa shape index (κ2) is 5.59. The number of hydrogen-bond acceptors (Lipinski definition) is 3. The van der Waals surface area contributed by atoms with Crippen molar-refractivity contribution >= 4 is 43.2 Å². The predicted octanol–water partition coefficient (Wildman–Crippen LogP) is 3.75. The van der Waals surface area contributed by atoms with E-state index >= 15 is 0 Å². The van der Waals surface area contributed by atoms with Crippen LogP contribution in [-0.4, -0.2) is 13.5 Å². The van der Waals surface area contributed by atoms with Crippen LogP contribution < -0.4 is 4.72 Å². The van der Waals surface area contributed by atoms with Crippen LogP contribution in [0.1, 0.15) is 0 Å². The standard InChI is InChI=1S/C12H8BrClFNO3S/c13-7-1-4-12(10(15)5-7)20(18,19)16-11-3-2-8(17)6-9(11)14/h1-6,16-17H. The van der Waals surface area contributed by atoms with Gasteiger partial charge in [0.1, 0.15) is 16.5 Å². The first-order valence-electron chi connectivity index (χ1n) is 5.26. The van der Waals surface area contributed by atoms with Gasteiger partial charge >= 0.3 is 0 Å². The molecule has 0 aliphatic rings. The molecule has 0 saturated carbocycles. The third kappa shape index (κ3) is 3.23. The van der Waals surface area contributed by atoms with Crippen molar-refractivity contribution in [2.75, 3.05) is 4.72 Å². The molecule has 0 bridgehead atoms. The molecule has 0 atom stereocenters. The van der Waals surface area contributed by atoms with E-state index in [0.717, 1.165) is 12.1 Å². The van der Waals surface area contributed by atoms with Crippen LogP contribution >= 0.6 is 27.5 Å². The topological polar surface area (TPSA) is 66.4 Å². The van der Waals surface area contributed by atoms with Gasteiger partial charge in [-0.3, -0.25) is 4.72 Å². The average Bonchev–Trinajstić information content (AvgIpc) is 2.32. The molecule has 0 heterocycles. The maximum atomic E-state index is 13.7. The fraction of sp³-hybridized carbons (Fsp3) is 0. The van der Waals surface area contributed by atoms with Crippen molar-refractivity contribution in [3.05, 3.63) is 51.7 Å². The summed E-state index contributed by atoms with van der Waals surface area (Å²) < 4.78 is 40.4. The van der Waals surface area contributed by atoms with Crippen LogP contribution in [0, 0.1) is 5.82 Å². The van der Waals surface area contributed by atoms with E-state index < -0.39 is 20.7 Å². The molecular formula is C12H8BrClFNO3S. The van der Waals surface area contributed by atoms with E-state index in [1.165, 1.54) is 24.3 Å². The Morgan fingerprint density at radius 3 is 2.50 bits per heavy atom. The molecule has 106 valence electrons. The minimum atomic E-state index is -4.11. The third-order valence-electron chi connectivity index (χ3n) is 2.38. The van der Waals surface area contributed by atoms with Crippen LogP contribution in [0.2, 0.25) is 5.02 Å². The van der Waals surface area contributed by atoms with E-state index in [4.69, 9.17) is 11.6 Å². The van der Waals surface area contributed by atoms with Crippen molar-refractivity contribution in [3.63, 3.8) is 0 Å². The van der Waals surface area contributed by atoms with Gasteiger partial charge in [0.2, 0.25) is 0 Å². The molecule has 0 saturated heterocycles. The minimum absolute atomic E-state index is 0.00564. The number of nitrogens with one attached hydrogen (secondary N) is 1. The lowest BCUT2D eigenvalue weighted by atomic mass is 10.3. The first-order valence-corrected chi connectivity index (χ1v) is 7.91. The van der Waals surface area contributed by atoms with Gasteiger partial charge in [-0.2, -0.15) is 0 Å². The number of halogens is 3. The van der Waals surface area contributed by atoms with Gasteiger partial charge in [0.15, 0.2) is 0 Å². The number of rotatable bonds is 3. The summed E-state index contributed by atoms with van der Waals surface area (Å²) in [5.74, 6) is -0.991. The van der Waals surface area contributed by atoms with Gasteiger partial charge in [-0.15, -0.1) is 0 Å².